The molecule has 0 radical (unpaired) electrons. The molecule has 0 aliphatic rings. The number of aryl methyl sites for hydroxylation is 2. The minimum atomic E-state index is -0.151. The Kier molecular flexibility index (Phi) is 4.76. The lowest BCUT2D eigenvalue weighted by Gasteiger charge is -2.09. The zero-order valence-electron chi connectivity index (χ0n) is 14.3. The van der Waals surface area contributed by atoms with Crippen LogP contribution in [0.3, 0.4) is 0 Å². The van der Waals surface area contributed by atoms with E-state index >= 15 is 0 Å². The van der Waals surface area contributed by atoms with Crippen molar-refractivity contribution in [3.8, 4) is 11.1 Å². The highest BCUT2D eigenvalue weighted by molar-refractivity contribution is 5.80. The van der Waals surface area contributed by atoms with Gasteiger partial charge in [-0.3, -0.25) is 9.55 Å². The number of nitrogens with zero attached hydrogens (tertiary/aromatic N) is 3. The summed E-state index contributed by atoms with van der Waals surface area (Å²) in [5.41, 5.74) is 5.31. The molecule has 0 saturated heterocycles. The molecule has 0 bridgehead atoms. The second-order valence-electron chi connectivity index (χ2n) is 5.67. The lowest BCUT2D eigenvalue weighted by Crippen LogP contribution is -2.20. The highest BCUT2D eigenvalue weighted by Crippen LogP contribution is 2.26. The van der Waals surface area contributed by atoms with Crippen molar-refractivity contribution in [2.24, 2.45) is 0 Å². The Morgan fingerprint density at radius 3 is 2.83 bits per heavy atom. The summed E-state index contributed by atoms with van der Waals surface area (Å²) in [6, 6.07) is 6.01. The molecule has 126 valence electrons. The Morgan fingerprint density at radius 1 is 1.29 bits per heavy atom. The molecule has 0 saturated carbocycles. The van der Waals surface area contributed by atoms with Gasteiger partial charge in [0, 0.05) is 24.1 Å². The number of aromatic nitrogens is 4. The number of imidazole rings is 1. The van der Waals surface area contributed by atoms with Gasteiger partial charge in [-0.25, -0.2) is 9.78 Å². The van der Waals surface area contributed by atoms with Crippen LogP contribution in [0.2, 0.25) is 0 Å². The molecule has 6 nitrogen and oxygen atoms in total. The Morgan fingerprint density at radius 2 is 2.12 bits per heavy atom. The molecule has 0 aromatic carbocycles. The molecule has 3 aromatic rings. The first-order valence-electron chi connectivity index (χ1n) is 8.27. The lowest BCUT2D eigenvalue weighted by atomic mass is 10.0. The van der Waals surface area contributed by atoms with Crippen molar-refractivity contribution >= 4 is 11.2 Å². The Labute approximate surface area is 140 Å². The number of fused-ring (bicyclic) bond motifs is 1. The SMILES string of the molecule is CCOCCn1c(=O)[nH]c2cc(-c3ccnc(C)c3)c(CC)nc21. The average molecular weight is 326 g/mol. The summed E-state index contributed by atoms with van der Waals surface area (Å²) in [4.78, 5) is 24.1. The number of ether oxygens (including phenoxy) is 1. The van der Waals surface area contributed by atoms with Crippen molar-refractivity contribution in [2.75, 3.05) is 13.2 Å². The summed E-state index contributed by atoms with van der Waals surface area (Å²) in [6.07, 6.45) is 2.59. The highest BCUT2D eigenvalue weighted by atomic mass is 16.5. The van der Waals surface area contributed by atoms with Crippen LogP contribution in [0, 0.1) is 6.92 Å². The fourth-order valence-electron chi connectivity index (χ4n) is 2.86. The van der Waals surface area contributed by atoms with E-state index in [-0.39, 0.29) is 5.69 Å². The maximum atomic E-state index is 12.2. The number of pyridine rings is 2. The Balaban J connectivity index is 2.11. The summed E-state index contributed by atoms with van der Waals surface area (Å²) < 4.78 is 7.01. The summed E-state index contributed by atoms with van der Waals surface area (Å²) in [7, 11) is 0. The molecule has 0 spiro atoms. The van der Waals surface area contributed by atoms with E-state index in [0.29, 0.717) is 25.4 Å². The van der Waals surface area contributed by atoms with Gasteiger partial charge in [0.25, 0.3) is 0 Å². The predicted molar refractivity (Wildman–Crippen MR) is 94.2 cm³/mol. The van der Waals surface area contributed by atoms with Gasteiger partial charge in [0.1, 0.15) is 0 Å². The van der Waals surface area contributed by atoms with Crippen molar-refractivity contribution in [3.05, 3.63) is 46.3 Å². The van der Waals surface area contributed by atoms with Gasteiger partial charge in [0.05, 0.1) is 24.4 Å². The Hall–Kier alpha value is -2.47. The molecular weight excluding hydrogens is 304 g/mol. The van der Waals surface area contributed by atoms with E-state index < -0.39 is 0 Å². The summed E-state index contributed by atoms with van der Waals surface area (Å²) >= 11 is 0. The van der Waals surface area contributed by atoms with E-state index in [1.54, 1.807) is 10.8 Å². The van der Waals surface area contributed by atoms with E-state index in [1.165, 1.54) is 0 Å². The summed E-state index contributed by atoms with van der Waals surface area (Å²) in [6.45, 7) is 7.60. The fraction of sp³-hybridized carbons (Fsp3) is 0.389. The van der Waals surface area contributed by atoms with Crippen molar-refractivity contribution in [1.29, 1.82) is 0 Å². The molecule has 0 amide bonds. The van der Waals surface area contributed by atoms with Gasteiger partial charge in [-0.1, -0.05) is 6.92 Å². The third-order valence-corrected chi connectivity index (χ3v) is 4.03. The van der Waals surface area contributed by atoms with Crippen LogP contribution in [0.25, 0.3) is 22.3 Å². The van der Waals surface area contributed by atoms with Crippen molar-refractivity contribution in [3.63, 3.8) is 0 Å². The highest BCUT2D eigenvalue weighted by Gasteiger charge is 2.14. The zero-order valence-corrected chi connectivity index (χ0v) is 14.3. The fourth-order valence-corrected chi connectivity index (χ4v) is 2.86. The molecule has 0 atom stereocenters. The second kappa shape index (κ2) is 6.97. The van der Waals surface area contributed by atoms with E-state index in [4.69, 9.17) is 9.72 Å². The third kappa shape index (κ3) is 3.10. The van der Waals surface area contributed by atoms with Crippen molar-refractivity contribution < 1.29 is 4.74 Å². The van der Waals surface area contributed by atoms with Gasteiger partial charge in [-0.15, -0.1) is 0 Å². The minimum absolute atomic E-state index is 0.151. The van der Waals surface area contributed by atoms with Crippen molar-refractivity contribution in [2.45, 2.75) is 33.7 Å². The average Bonchev–Trinajstić information content (AvgIpc) is 2.88. The number of rotatable bonds is 6. The largest absolute Gasteiger partial charge is 0.380 e. The van der Waals surface area contributed by atoms with Crippen LogP contribution >= 0.6 is 0 Å². The number of aromatic amines is 1. The molecule has 0 fully saturated rings. The van der Waals surface area contributed by atoms with Crippen LogP contribution in [0.5, 0.6) is 0 Å². The monoisotopic (exact) mass is 326 g/mol. The Bertz CT molecular complexity index is 911. The molecule has 6 heteroatoms. The van der Waals surface area contributed by atoms with E-state index in [1.807, 2.05) is 32.0 Å². The van der Waals surface area contributed by atoms with Crippen LogP contribution in [-0.4, -0.2) is 32.7 Å². The van der Waals surface area contributed by atoms with Gasteiger partial charge in [-0.05, 0) is 44.0 Å². The predicted octanol–water partition coefficient (Wildman–Crippen LogP) is 2.69. The number of H-pyrrole nitrogens is 1. The van der Waals surface area contributed by atoms with Crippen LogP contribution in [0.15, 0.2) is 29.2 Å². The van der Waals surface area contributed by atoms with Crippen molar-refractivity contribution in [1.82, 2.24) is 19.5 Å². The molecule has 1 N–H and O–H groups in total. The first kappa shape index (κ1) is 16.4. The van der Waals surface area contributed by atoms with Gasteiger partial charge < -0.3 is 9.72 Å². The lowest BCUT2D eigenvalue weighted by molar-refractivity contribution is 0.139. The zero-order chi connectivity index (χ0) is 17.1. The molecule has 3 aromatic heterocycles. The maximum absolute atomic E-state index is 12.2. The van der Waals surface area contributed by atoms with Crippen LogP contribution in [-0.2, 0) is 17.7 Å². The standard InChI is InChI=1S/C18H22N4O2/c1-4-15-14(13-6-7-19-12(3)10-13)11-16-17(20-15)22(18(23)21-16)8-9-24-5-2/h6-7,10-11H,4-5,8-9H2,1-3H3,(H,21,23). The van der Waals surface area contributed by atoms with Gasteiger partial charge >= 0.3 is 5.69 Å². The smallest absolute Gasteiger partial charge is 0.327 e. The normalized spacial score (nSPS) is 11.3. The quantitative estimate of drug-likeness (QED) is 0.707. The summed E-state index contributed by atoms with van der Waals surface area (Å²) in [5, 5.41) is 0. The van der Waals surface area contributed by atoms with E-state index in [9.17, 15) is 4.79 Å². The first-order chi connectivity index (χ1) is 11.6. The number of hydrogen-bond acceptors (Lipinski definition) is 4. The molecule has 24 heavy (non-hydrogen) atoms. The summed E-state index contributed by atoms with van der Waals surface area (Å²) in [5.74, 6) is 0. The molecule has 3 rings (SSSR count). The molecule has 0 aliphatic heterocycles. The third-order valence-electron chi connectivity index (χ3n) is 4.03. The number of hydrogen-bond donors (Lipinski definition) is 1. The number of nitrogens with one attached hydrogen (secondary N) is 1. The molecular formula is C18H22N4O2. The van der Waals surface area contributed by atoms with Crippen LogP contribution in [0.4, 0.5) is 0 Å². The second-order valence-corrected chi connectivity index (χ2v) is 5.67. The van der Waals surface area contributed by atoms with Crippen LogP contribution in [0.1, 0.15) is 25.2 Å². The molecule has 0 unspecified atom stereocenters. The van der Waals surface area contributed by atoms with Crippen LogP contribution < -0.4 is 5.69 Å². The minimum Gasteiger partial charge on any atom is -0.380 e. The van der Waals surface area contributed by atoms with E-state index in [0.717, 1.165) is 34.5 Å². The van der Waals surface area contributed by atoms with Gasteiger partial charge in [-0.2, -0.15) is 0 Å². The topological polar surface area (TPSA) is 72.8 Å². The first-order valence-corrected chi connectivity index (χ1v) is 8.27. The van der Waals surface area contributed by atoms with E-state index in [2.05, 4.69) is 16.9 Å². The molecule has 0 aliphatic carbocycles. The van der Waals surface area contributed by atoms with Gasteiger partial charge in [0.2, 0.25) is 0 Å². The van der Waals surface area contributed by atoms with Gasteiger partial charge in [0.15, 0.2) is 5.65 Å². The molecule has 3 heterocycles. The maximum Gasteiger partial charge on any atom is 0.327 e.